The number of benzene rings is 1. The third-order valence-electron chi connectivity index (χ3n) is 3.97. The lowest BCUT2D eigenvalue weighted by Crippen LogP contribution is -2.53. The first kappa shape index (κ1) is 19.1. The first-order valence-electron chi connectivity index (χ1n) is 8.14. The number of thiocarbonyl (C=S) groups is 1. The number of hydrogen-bond donors (Lipinski definition) is 1. The van der Waals surface area contributed by atoms with E-state index in [1.54, 1.807) is 24.3 Å². The van der Waals surface area contributed by atoms with Gasteiger partial charge in [0, 0.05) is 32.7 Å². The van der Waals surface area contributed by atoms with Gasteiger partial charge in [0.15, 0.2) is 5.11 Å². The third-order valence-corrected chi connectivity index (χ3v) is 6.28. The molecular weight excluding hydrogens is 344 g/mol. The van der Waals surface area contributed by atoms with Gasteiger partial charge in [-0.3, -0.25) is 0 Å². The summed E-state index contributed by atoms with van der Waals surface area (Å²) in [7, 11) is 0.689. The van der Waals surface area contributed by atoms with Gasteiger partial charge >= 0.3 is 0 Å². The first-order valence-corrected chi connectivity index (χ1v) is 9.99. The molecule has 1 aliphatic rings. The maximum atomic E-state index is 12.6. The minimum Gasteiger partial charge on any atom is -0.363 e. The molecule has 1 fully saturated rings. The van der Waals surface area contributed by atoms with Crippen molar-refractivity contribution in [3.8, 4) is 0 Å². The Morgan fingerprint density at radius 1 is 1.17 bits per heavy atom. The summed E-state index contributed by atoms with van der Waals surface area (Å²) < 4.78 is 26.7. The summed E-state index contributed by atoms with van der Waals surface area (Å²) in [6, 6.07) is 8.58. The number of rotatable bonds is 6. The third kappa shape index (κ3) is 5.14. The Morgan fingerprint density at radius 2 is 1.79 bits per heavy atom. The van der Waals surface area contributed by atoms with Gasteiger partial charge in [0.2, 0.25) is 10.0 Å². The van der Waals surface area contributed by atoms with Crippen LogP contribution < -0.4 is 5.32 Å². The second-order valence-corrected chi connectivity index (χ2v) is 8.42. The van der Waals surface area contributed by atoms with Crippen molar-refractivity contribution in [1.82, 2.24) is 19.4 Å². The largest absolute Gasteiger partial charge is 0.363 e. The zero-order valence-corrected chi connectivity index (χ0v) is 15.9. The van der Waals surface area contributed by atoms with Crippen LogP contribution in [0.1, 0.15) is 6.42 Å². The molecule has 6 nitrogen and oxygen atoms in total. The lowest BCUT2D eigenvalue weighted by atomic mass is 10.4. The predicted molar refractivity (Wildman–Crippen MR) is 101 cm³/mol. The molecule has 0 aromatic heterocycles. The Labute approximate surface area is 150 Å². The molecule has 8 heteroatoms. The van der Waals surface area contributed by atoms with E-state index in [2.05, 4.69) is 10.2 Å². The van der Waals surface area contributed by atoms with E-state index in [-0.39, 0.29) is 0 Å². The Morgan fingerprint density at radius 3 is 2.38 bits per heavy atom. The van der Waals surface area contributed by atoms with E-state index in [4.69, 9.17) is 12.2 Å². The van der Waals surface area contributed by atoms with Crippen LogP contribution in [-0.2, 0) is 10.0 Å². The second-order valence-electron chi connectivity index (χ2n) is 6.09. The summed E-state index contributed by atoms with van der Waals surface area (Å²) in [6.45, 7) is 3.99. The maximum Gasteiger partial charge on any atom is 0.243 e. The van der Waals surface area contributed by atoms with Crippen LogP contribution in [0.4, 0.5) is 0 Å². The molecule has 0 spiro atoms. The topological polar surface area (TPSA) is 55.9 Å². The van der Waals surface area contributed by atoms with Crippen molar-refractivity contribution in [2.75, 3.05) is 53.4 Å². The highest BCUT2D eigenvalue weighted by molar-refractivity contribution is 7.89. The molecule has 1 N–H and O–H groups in total. The molecule has 0 unspecified atom stereocenters. The number of piperazine rings is 1. The molecule has 0 saturated carbocycles. The van der Waals surface area contributed by atoms with Gasteiger partial charge in [0.1, 0.15) is 0 Å². The number of nitrogens with zero attached hydrogens (tertiary/aromatic N) is 3. The Hall–Kier alpha value is -1.22. The van der Waals surface area contributed by atoms with E-state index in [9.17, 15) is 8.42 Å². The van der Waals surface area contributed by atoms with Crippen molar-refractivity contribution in [2.24, 2.45) is 0 Å². The van der Waals surface area contributed by atoms with E-state index in [0.29, 0.717) is 36.2 Å². The fourth-order valence-electron chi connectivity index (χ4n) is 2.58. The molecule has 134 valence electrons. The highest BCUT2D eigenvalue weighted by Crippen LogP contribution is 2.17. The van der Waals surface area contributed by atoms with Gasteiger partial charge < -0.3 is 15.1 Å². The summed E-state index contributed by atoms with van der Waals surface area (Å²) in [4.78, 5) is 4.53. The van der Waals surface area contributed by atoms with Crippen molar-refractivity contribution in [1.29, 1.82) is 0 Å². The Balaban J connectivity index is 1.82. The van der Waals surface area contributed by atoms with Gasteiger partial charge in [-0.05, 0) is 51.4 Å². The van der Waals surface area contributed by atoms with Gasteiger partial charge in [-0.2, -0.15) is 4.31 Å². The molecule has 1 heterocycles. The summed E-state index contributed by atoms with van der Waals surface area (Å²) in [6.07, 6.45) is 1.02. The van der Waals surface area contributed by atoms with Crippen LogP contribution in [-0.4, -0.2) is 81.0 Å². The van der Waals surface area contributed by atoms with E-state index < -0.39 is 10.0 Å². The first-order chi connectivity index (χ1) is 11.4. The summed E-state index contributed by atoms with van der Waals surface area (Å²) >= 11 is 5.41. The van der Waals surface area contributed by atoms with E-state index >= 15 is 0 Å². The average molecular weight is 371 g/mol. The highest BCUT2D eigenvalue weighted by Gasteiger charge is 2.28. The van der Waals surface area contributed by atoms with E-state index in [1.807, 2.05) is 25.1 Å². The molecule has 1 saturated heterocycles. The molecule has 2 rings (SSSR count). The maximum absolute atomic E-state index is 12.6. The van der Waals surface area contributed by atoms with E-state index in [1.165, 1.54) is 4.31 Å². The quantitative estimate of drug-likeness (QED) is 0.591. The minimum atomic E-state index is -3.40. The number of sulfonamides is 1. The van der Waals surface area contributed by atoms with Gasteiger partial charge in [0.25, 0.3) is 0 Å². The Bertz CT molecular complexity index is 627. The molecule has 1 aliphatic heterocycles. The smallest absolute Gasteiger partial charge is 0.243 e. The van der Waals surface area contributed by atoms with Crippen molar-refractivity contribution in [2.45, 2.75) is 11.3 Å². The average Bonchev–Trinajstić information content (AvgIpc) is 2.59. The monoisotopic (exact) mass is 370 g/mol. The minimum absolute atomic E-state index is 0.350. The van der Waals surface area contributed by atoms with Crippen molar-refractivity contribution in [3.05, 3.63) is 30.3 Å². The lowest BCUT2D eigenvalue weighted by molar-refractivity contribution is 0.263. The summed E-state index contributed by atoms with van der Waals surface area (Å²) in [5.74, 6) is 0. The standard InChI is InChI=1S/C16H26N4O2S2/c1-18(2)10-6-9-17-16(23)19-11-13-20(14-12-19)24(21,22)15-7-4-3-5-8-15/h3-5,7-8H,6,9-14H2,1-2H3,(H,17,23). The molecule has 0 amide bonds. The zero-order chi connectivity index (χ0) is 17.6. The normalized spacial score (nSPS) is 16.4. The number of nitrogens with one attached hydrogen (secondary N) is 1. The Kier molecular flexibility index (Phi) is 6.97. The molecule has 0 aliphatic carbocycles. The molecule has 0 atom stereocenters. The molecule has 0 bridgehead atoms. The molecule has 24 heavy (non-hydrogen) atoms. The predicted octanol–water partition coefficient (Wildman–Crippen LogP) is 0.819. The fraction of sp³-hybridized carbons (Fsp3) is 0.562. The summed E-state index contributed by atoms with van der Waals surface area (Å²) in [5, 5.41) is 3.97. The van der Waals surface area contributed by atoms with Gasteiger partial charge in [-0.1, -0.05) is 18.2 Å². The van der Waals surface area contributed by atoms with Crippen LogP contribution in [0.25, 0.3) is 0 Å². The molecule has 1 aromatic rings. The van der Waals surface area contributed by atoms with Crippen LogP contribution in [0.2, 0.25) is 0 Å². The van der Waals surface area contributed by atoms with E-state index in [0.717, 1.165) is 19.5 Å². The fourth-order valence-corrected chi connectivity index (χ4v) is 4.30. The van der Waals surface area contributed by atoms with Crippen molar-refractivity contribution in [3.63, 3.8) is 0 Å². The van der Waals surface area contributed by atoms with Gasteiger partial charge in [-0.15, -0.1) is 0 Å². The molecular formula is C16H26N4O2S2. The van der Waals surface area contributed by atoms with Crippen molar-refractivity contribution < 1.29 is 8.42 Å². The van der Waals surface area contributed by atoms with Gasteiger partial charge in [-0.25, -0.2) is 8.42 Å². The zero-order valence-electron chi connectivity index (χ0n) is 14.3. The highest BCUT2D eigenvalue weighted by atomic mass is 32.2. The van der Waals surface area contributed by atoms with Crippen LogP contribution in [0.5, 0.6) is 0 Å². The van der Waals surface area contributed by atoms with Crippen LogP contribution in [0.3, 0.4) is 0 Å². The van der Waals surface area contributed by atoms with Crippen LogP contribution in [0, 0.1) is 0 Å². The number of hydrogen-bond acceptors (Lipinski definition) is 4. The SMILES string of the molecule is CN(C)CCCNC(=S)N1CCN(S(=O)(=O)c2ccccc2)CC1. The van der Waals surface area contributed by atoms with Crippen LogP contribution in [0.15, 0.2) is 35.2 Å². The molecule has 0 radical (unpaired) electrons. The van der Waals surface area contributed by atoms with Crippen molar-refractivity contribution >= 4 is 27.4 Å². The van der Waals surface area contributed by atoms with Gasteiger partial charge in [0.05, 0.1) is 4.90 Å². The summed E-state index contributed by atoms with van der Waals surface area (Å²) in [5.41, 5.74) is 0. The lowest BCUT2D eigenvalue weighted by Gasteiger charge is -2.35. The second kappa shape index (κ2) is 8.75. The van der Waals surface area contributed by atoms with Crippen LogP contribution >= 0.6 is 12.2 Å². The molecule has 1 aromatic carbocycles.